The summed E-state index contributed by atoms with van der Waals surface area (Å²) in [4.78, 5) is 4.20. The zero-order valence-corrected chi connectivity index (χ0v) is 12.9. The van der Waals surface area contributed by atoms with Crippen LogP contribution < -0.4 is 4.74 Å². The van der Waals surface area contributed by atoms with Crippen LogP contribution in [-0.2, 0) is 10.0 Å². The number of methoxy groups -OCH3 is 1. The first-order valence-electron chi connectivity index (χ1n) is 6.00. The predicted molar refractivity (Wildman–Crippen MR) is 76.9 cm³/mol. The molecule has 5 nitrogen and oxygen atoms in total. The van der Waals surface area contributed by atoms with Crippen LogP contribution in [0.15, 0.2) is 35.5 Å². The Hall–Kier alpha value is -1.53. The van der Waals surface area contributed by atoms with Crippen molar-refractivity contribution < 1.29 is 13.2 Å². The standard InChI is InChI=1S/C13H15ClN2O3S/c1-9(2)13-15-6-7-16(13)20(17,18)10-4-5-11(14)12(8-10)19-3/h4-9H,1-3H3. The summed E-state index contributed by atoms with van der Waals surface area (Å²) in [5.74, 6) is 0.798. The van der Waals surface area contributed by atoms with E-state index in [2.05, 4.69) is 4.98 Å². The van der Waals surface area contributed by atoms with Crippen molar-refractivity contribution in [3.8, 4) is 5.75 Å². The summed E-state index contributed by atoms with van der Waals surface area (Å²) in [5, 5.41) is 0.362. The molecule has 0 aliphatic rings. The van der Waals surface area contributed by atoms with Crippen molar-refractivity contribution in [2.45, 2.75) is 24.7 Å². The Morgan fingerprint density at radius 1 is 1.35 bits per heavy atom. The molecule has 2 rings (SSSR count). The van der Waals surface area contributed by atoms with Crippen LogP contribution in [0.2, 0.25) is 5.02 Å². The van der Waals surface area contributed by atoms with E-state index in [4.69, 9.17) is 16.3 Å². The van der Waals surface area contributed by atoms with E-state index in [0.29, 0.717) is 16.6 Å². The van der Waals surface area contributed by atoms with Crippen molar-refractivity contribution in [2.75, 3.05) is 7.11 Å². The summed E-state index contributed by atoms with van der Waals surface area (Å²) >= 11 is 5.91. The molecule has 0 N–H and O–H groups in total. The zero-order chi connectivity index (χ0) is 14.9. The van der Waals surface area contributed by atoms with E-state index < -0.39 is 10.0 Å². The molecule has 0 amide bonds. The van der Waals surface area contributed by atoms with Crippen molar-refractivity contribution in [3.05, 3.63) is 41.4 Å². The van der Waals surface area contributed by atoms with Gasteiger partial charge in [-0.25, -0.2) is 17.4 Å². The Bertz CT molecular complexity index is 723. The SMILES string of the molecule is COc1cc(S(=O)(=O)n2ccnc2C(C)C)ccc1Cl. The van der Waals surface area contributed by atoms with Crippen LogP contribution in [0.25, 0.3) is 0 Å². The number of nitrogens with zero attached hydrogens (tertiary/aromatic N) is 2. The lowest BCUT2D eigenvalue weighted by atomic mass is 10.2. The number of benzene rings is 1. The molecular formula is C13H15ClN2O3S. The van der Waals surface area contributed by atoms with Gasteiger partial charge in [0.05, 0.1) is 17.0 Å². The largest absolute Gasteiger partial charge is 0.495 e. The van der Waals surface area contributed by atoms with E-state index >= 15 is 0 Å². The van der Waals surface area contributed by atoms with Crippen molar-refractivity contribution in [2.24, 2.45) is 0 Å². The molecule has 1 heterocycles. The van der Waals surface area contributed by atoms with Gasteiger partial charge in [0.25, 0.3) is 10.0 Å². The maximum absolute atomic E-state index is 12.6. The molecule has 0 aliphatic carbocycles. The van der Waals surface area contributed by atoms with Gasteiger partial charge in [-0.2, -0.15) is 0 Å². The van der Waals surface area contributed by atoms with Gasteiger partial charge >= 0.3 is 0 Å². The van der Waals surface area contributed by atoms with Gasteiger partial charge in [0.1, 0.15) is 11.6 Å². The van der Waals surface area contributed by atoms with Gasteiger partial charge in [-0.1, -0.05) is 25.4 Å². The molecule has 0 saturated heterocycles. The van der Waals surface area contributed by atoms with Crippen LogP contribution in [0.5, 0.6) is 5.75 Å². The molecule has 1 aromatic heterocycles. The minimum atomic E-state index is -3.71. The van der Waals surface area contributed by atoms with E-state index in [9.17, 15) is 8.42 Å². The number of hydrogen-bond acceptors (Lipinski definition) is 4. The first kappa shape index (κ1) is 14.9. The van der Waals surface area contributed by atoms with Gasteiger partial charge in [-0.3, -0.25) is 0 Å². The highest BCUT2D eigenvalue weighted by molar-refractivity contribution is 7.90. The fraction of sp³-hybridized carbons (Fsp3) is 0.308. The van der Waals surface area contributed by atoms with E-state index in [-0.39, 0.29) is 10.8 Å². The van der Waals surface area contributed by atoms with Gasteiger partial charge in [0, 0.05) is 24.4 Å². The number of rotatable bonds is 4. The van der Waals surface area contributed by atoms with Gasteiger partial charge in [0.2, 0.25) is 0 Å². The third-order valence-corrected chi connectivity index (χ3v) is 4.82. The minimum absolute atomic E-state index is 0.00558. The molecule has 0 unspecified atom stereocenters. The van der Waals surface area contributed by atoms with Crippen LogP contribution in [0.1, 0.15) is 25.6 Å². The molecular weight excluding hydrogens is 300 g/mol. The van der Waals surface area contributed by atoms with Gasteiger partial charge in [-0.15, -0.1) is 0 Å². The van der Waals surface area contributed by atoms with Crippen LogP contribution in [0, 0.1) is 0 Å². The normalized spacial score (nSPS) is 11.8. The van der Waals surface area contributed by atoms with Gasteiger partial charge < -0.3 is 4.74 Å². The zero-order valence-electron chi connectivity index (χ0n) is 11.4. The molecule has 7 heteroatoms. The summed E-state index contributed by atoms with van der Waals surface area (Å²) in [6.45, 7) is 3.77. The van der Waals surface area contributed by atoms with Crippen LogP contribution in [0.3, 0.4) is 0 Å². The fourth-order valence-corrected chi connectivity index (χ4v) is 3.46. The summed E-state index contributed by atoms with van der Waals surface area (Å²) in [7, 11) is -2.27. The second-order valence-corrected chi connectivity index (χ2v) is 6.76. The highest BCUT2D eigenvalue weighted by Crippen LogP contribution is 2.29. The third-order valence-electron chi connectivity index (χ3n) is 2.83. The van der Waals surface area contributed by atoms with E-state index in [0.717, 1.165) is 0 Å². The Labute approximate surface area is 123 Å². The lowest BCUT2D eigenvalue weighted by Gasteiger charge is -2.12. The molecule has 0 radical (unpaired) electrons. The molecule has 0 atom stereocenters. The number of imidazole rings is 1. The molecule has 0 aliphatic heterocycles. The van der Waals surface area contributed by atoms with Crippen molar-refractivity contribution >= 4 is 21.6 Å². The van der Waals surface area contributed by atoms with Crippen LogP contribution >= 0.6 is 11.6 Å². The topological polar surface area (TPSA) is 61.2 Å². The lowest BCUT2D eigenvalue weighted by molar-refractivity contribution is 0.413. The van der Waals surface area contributed by atoms with Gasteiger partial charge in [-0.05, 0) is 12.1 Å². The van der Waals surface area contributed by atoms with Crippen molar-refractivity contribution in [1.29, 1.82) is 0 Å². The van der Waals surface area contributed by atoms with E-state index in [1.807, 2.05) is 13.8 Å². The predicted octanol–water partition coefficient (Wildman–Crippen LogP) is 2.91. The van der Waals surface area contributed by atoms with Crippen molar-refractivity contribution in [3.63, 3.8) is 0 Å². The third kappa shape index (κ3) is 2.53. The first-order chi connectivity index (χ1) is 9.37. The lowest BCUT2D eigenvalue weighted by Crippen LogP contribution is -2.16. The highest BCUT2D eigenvalue weighted by atomic mass is 35.5. The van der Waals surface area contributed by atoms with Crippen LogP contribution in [0.4, 0.5) is 0 Å². The summed E-state index contributed by atoms with van der Waals surface area (Å²) in [5.41, 5.74) is 0. The Balaban J connectivity index is 2.58. The average molecular weight is 315 g/mol. The molecule has 108 valence electrons. The minimum Gasteiger partial charge on any atom is -0.495 e. The Morgan fingerprint density at radius 3 is 2.65 bits per heavy atom. The first-order valence-corrected chi connectivity index (χ1v) is 7.82. The molecule has 1 aromatic carbocycles. The summed E-state index contributed by atoms with van der Waals surface area (Å²) in [6.07, 6.45) is 2.91. The van der Waals surface area contributed by atoms with Crippen molar-refractivity contribution in [1.82, 2.24) is 8.96 Å². The summed E-state index contributed by atoms with van der Waals surface area (Å²) in [6, 6.07) is 4.35. The number of ether oxygens (including phenoxy) is 1. The Morgan fingerprint density at radius 2 is 2.05 bits per heavy atom. The number of aromatic nitrogens is 2. The number of halogens is 1. The molecule has 0 saturated carbocycles. The highest BCUT2D eigenvalue weighted by Gasteiger charge is 2.22. The van der Waals surface area contributed by atoms with Crippen LogP contribution in [-0.4, -0.2) is 24.5 Å². The maximum atomic E-state index is 12.6. The molecule has 2 aromatic rings. The smallest absolute Gasteiger partial charge is 0.269 e. The second kappa shape index (κ2) is 5.46. The van der Waals surface area contributed by atoms with E-state index in [1.54, 1.807) is 0 Å². The Kier molecular flexibility index (Phi) is 4.06. The summed E-state index contributed by atoms with van der Waals surface area (Å²) < 4.78 is 31.5. The quantitative estimate of drug-likeness (QED) is 0.870. The molecule has 0 spiro atoms. The fourth-order valence-electron chi connectivity index (χ4n) is 1.82. The molecule has 0 bridgehead atoms. The maximum Gasteiger partial charge on any atom is 0.269 e. The van der Waals surface area contributed by atoms with Gasteiger partial charge in [0.15, 0.2) is 0 Å². The molecule has 20 heavy (non-hydrogen) atoms. The average Bonchev–Trinajstić information content (AvgIpc) is 2.89. The van der Waals surface area contributed by atoms with E-state index in [1.165, 1.54) is 41.7 Å². The second-order valence-electron chi connectivity index (χ2n) is 4.54. The monoisotopic (exact) mass is 314 g/mol. The number of hydrogen-bond donors (Lipinski definition) is 0. The molecule has 0 fully saturated rings.